The lowest BCUT2D eigenvalue weighted by Gasteiger charge is -2.25. The van der Waals surface area contributed by atoms with Gasteiger partial charge in [0.05, 0.1) is 24.0 Å². The molecule has 1 heterocycles. The van der Waals surface area contributed by atoms with Gasteiger partial charge in [-0.3, -0.25) is 4.68 Å². The molecule has 18 heavy (non-hydrogen) atoms. The Bertz CT molecular complexity index is 395. The van der Waals surface area contributed by atoms with Crippen LogP contribution in [0.25, 0.3) is 0 Å². The van der Waals surface area contributed by atoms with Gasteiger partial charge in [-0.15, -0.1) is 0 Å². The third kappa shape index (κ3) is 4.75. The number of aliphatic hydroxyl groups is 1. The Morgan fingerprint density at radius 1 is 1.61 bits per heavy atom. The first-order valence-electron chi connectivity index (χ1n) is 6.09. The number of nitrogens with zero attached hydrogens (tertiary/aromatic N) is 3. The molecule has 0 unspecified atom stereocenters. The van der Waals surface area contributed by atoms with Crippen molar-refractivity contribution in [3.05, 3.63) is 12.4 Å². The Morgan fingerprint density at radius 2 is 2.28 bits per heavy atom. The molecule has 2 amide bonds. The molecule has 0 radical (unpaired) electrons. The molecule has 0 aromatic carbocycles. The summed E-state index contributed by atoms with van der Waals surface area (Å²) < 4.78 is 1.78. The van der Waals surface area contributed by atoms with E-state index < -0.39 is 5.60 Å². The van der Waals surface area contributed by atoms with Gasteiger partial charge in [0.25, 0.3) is 0 Å². The maximum Gasteiger partial charge on any atom is 0.321 e. The zero-order chi connectivity index (χ0) is 13.8. The minimum absolute atomic E-state index is 0.256. The Kier molecular flexibility index (Phi) is 4.72. The molecule has 0 atom stereocenters. The van der Waals surface area contributed by atoms with Crippen molar-refractivity contribution in [1.29, 1.82) is 0 Å². The zero-order valence-corrected chi connectivity index (χ0v) is 11.5. The highest BCUT2D eigenvalue weighted by atomic mass is 16.3. The van der Waals surface area contributed by atoms with Gasteiger partial charge in [0.1, 0.15) is 0 Å². The van der Waals surface area contributed by atoms with Crippen LogP contribution in [0.1, 0.15) is 27.2 Å². The van der Waals surface area contributed by atoms with Crippen LogP contribution in [-0.2, 0) is 6.54 Å². The van der Waals surface area contributed by atoms with Crippen LogP contribution >= 0.6 is 0 Å². The van der Waals surface area contributed by atoms with Crippen LogP contribution in [0, 0.1) is 0 Å². The second-order valence-corrected chi connectivity index (χ2v) is 5.09. The molecule has 2 N–H and O–H groups in total. The molecule has 0 aliphatic carbocycles. The number of aryl methyl sites for hydroxylation is 1. The number of likely N-dealkylation sites (N-methyl/N-ethyl adjacent to an activating group) is 1. The summed E-state index contributed by atoms with van der Waals surface area (Å²) in [6.45, 7) is 6.49. The number of aromatic nitrogens is 2. The minimum Gasteiger partial charge on any atom is -0.389 e. The maximum absolute atomic E-state index is 11.8. The van der Waals surface area contributed by atoms with Crippen LogP contribution in [0.2, 0.25) is 0 Å². The summed E-state index contributed by atoms with van der Waals surface area (Å²) in [5.41, 5.74) is -0.241. The van der Waals surface area contributed by atoms with Crippen LogP contribution in [0.4, 0.5) is 10.5 Å². The fraction of sp³-hybridized carbons (Fsp3) is 0.667. The van der Waals surface area contributed by atoms with Crippen molar-refractivity contribution >= 4 is 11.7 Å². The molecule has 0 saturated heterocycles. The molecular formula is C12H22N4O2. The van der Waals surface area contributed by atoms with E-state index in [1.807, 2.05) is 0 Å². The van der Waals surface area contributed by atoms with E-state index in [1.165, 1.54) is 4.90 Å². The van der Waals surface area contributed by atoms with E-state index in [0.717, 1.165) is 13.0 Å². The first-order chi connectivity index (χ1) is 8.31. The first-order valence-corrected chi connectivity index (χ1v) is 6.09. The normalized spacial score (nSPS) is 11.4. The van der Waals surface area contributed by atoms with Gasteiger partial charge in [-0.2, -0.15) is 5.10 Å². The fourth-order valence-corrected chi connectivity index (χ4v) is 1.65. The zero-order valence-electron chi connectivity index (χ0n) is 11.5. The summed E-state index contributed by atoms with van der Waals surface area (Å²) in [6, 6.07) is -0.256. The number of rotatable bonds is 5. The Hall–Kier alpha value is -1.56. The average Bonchev–Trinajstić information content (AvgIpc) is 2.63. The Morgan fingerprint density at radius 3 is 2.83 bits per heavy atom. The molecule has 0 bridgehead atoms. The van der Waals surface area contributed by atoms with Gasteiger partial charge in [0.15, 0.2) is 0 Å². The van der Waals surface area contributed by atoms with E-state index in [4.69, 9.17) is 0 Å². The number of urea groups is 1. The molecule has 0 aliphatic heterocycles. The highest BCUT2D eigenvalue weighted by molar-refractivity contribution is 5.88. The maximum atomic E-state index is 11.8. The van der Waals surface area contributed by atoms with Crippen molar-refractivity contribution in [2.24, 2.45) is 0 Å². The van der Waals surface area contributed by atoms with Crippen LogP contribution < -0.4 is 5.32 Å². The molecule has 0 spiro atoms. The van der Waals surface area contributed by atoms with Gasteiger partial charge in [-0.25, -0.2) is 4.79 Å². The molecule has 1 aromatic rings. The van der Waals surface area contributed by atoms with E-state index in [9.17, 15) is 9.90 Å². The fourth-order valence-electron chi connectivity index (χ4n) is 1.65. The largest absolute Gasteiger partial charge is 0.389 e. The molecule has 102 valence electrons. The van der Waals surface area contributed by atoms with E-state index in [1.54, 1.807) is 38.0 Å². The van der Waals surface area contributed by atoms with Crippen molar-refractivity contribution in [3.63, 3.8) is 0 Å². The standard InChI is InChI=1S/C12H22N4O2/c1-5-6-16-8-10(7-13-16)14-11(17)15(4)9-12(2,3)18/h7-8,18H,5-6,9H2,1-4H3,(H,14,17). The number of anilines is 1. The number of nitrogens with one attached hydrogen (secondary N) is 1. The molecule has 1 rings (SSSR count). The van der Waals surface area contributed by atoms with Gasteiger partial charge >= 0.3 is 6.03 Å². The molecule has 1 aromatic heterocycles. The van der Waals surface area contributed by atoms with Crippen LogP contribution in [0.15, 0.2) is 12.4 Å². The summed E-state index contributed by atoms with van der Waals surface area (Å²) in [7, 11) is 1.64. The van der Waals surface area contributed by atoms with Crippen LogP contribution in [-0.4, -0.2) is 45.0 Å². The molecule has 0 saturated carbocycles. The highest BCUT2D eigenvalue weighted by Gasteiger charge is 2.19. The SMILES string of the molecule is CCCn1cc(NC(=O)N(C)CC(C)(C)O)cn1. The number of hydrogen-bond donors (Lipinski definition) is 2. The first kappa shape index (κ1) is 14.5. The van der Waals surface area contributed by atoms with E-state index >= 15 is 0 Å². The Balaban J connectivity index is 2.53. The number of carbonyl (C=O) groups excluding carboxylic acids is 1. The van der Waals surface area contributed by atoms with Gasteiger partial charge in [-0.1, -0.05) is 6.92 Å². The van der Waals surface area contributed by atoms with Gasteiger partial charge in [0, 0.05) is 19.8 Å². The summed E-state index contributed by atoms with van der Waals surface area (Å²) in [5, 5.41) is 16.5. The summed E-state index contributed by atoms with van der Waals surface area (Å²) in [4.78, 5) is 13.3. The number of hydrogen-bond acceptors (Lipinski definition) is 3. The summed E-state index contributed by atoms with van der Waals surface area (Å²) in [6.07, 6.45) is 4.40. The quantitative estimate of drug-likeness (QED) is 0.837. The summed E-state index contributed by atoms with van der Waals surface area (Å²) >= 11 is 0. The van der Waals surface area contributed by atoms with Crippen LogP contribution in [0.3, 0.4) is 0 Å². The minimum atomic E-state index is -0.904. The van der Waals surface area contributed by atoms with E-state index in [2.05, 4.69) is 17.3 Å². The smallest absolute Gasteiger partial charge is 0.321 e. The Labute approximate surface area is 108 Å². The molecule has 0 fully saturated rings. The predicted molar refractivity (Wildman–Crippen MR) is 70.5 cm³/mol. The van der Waals surface area contributed by atoms with Crippen LogP contribution in [0.5, 0.6) is 0 Å². The topological polar surface area (TPSA) is 70.4 Å². The van der Waals surface area contributed by atoms with Crippen molar-refractivity contribution in [2.45, 2.75) is 39.3 Å². The van der Waals surface area contributed by atoms with Crippen molar-refractivity contribution in [1.82, 2.24) is 14.7 Å². The van der Waals surface area contributed by atoms with Gasteiger partial charge in [0.2, 0.25) is 0 Å². The number of amides is 2. The second kappa shape index (κ2) is 5.86. The third-order valence-electron chi connectivity index (χ3n) is 2.31. The lowest BCUT2D eigenvalue weighted by molar-refractivity contribution is 0.0550. The van der Waals surface area contributed by atoms with E-state index in [-0.39, 0.29) is 12.6 Å². The van der Waals surface area contributed by atoms with Crippen molar-refractivity contribution in [3.8, 4) is 0 Å². The highest BCUT2D eigenvalue weighted by Crippen LogP contribution is 2.08. The third-order valence-corrected chi connectivity index (χ3v) is 2.31. The second-order valence-electron chi connectivity index (χ2n) is 5.09. The van der Waals surface area contributed by atoms with Crippen molar-refractivity contribution < 1.29 is 9.90 Å². The molecular weight excluding hydrogens is 232 g/mol. The van der Waals surface area contributed by atoms with Crippen molar-refractivity contribution in [2.75, 3.05) is 18.9 Å². The molecule has 6 nitrogen and oxygen atoms in total. The molecule has 6 heteroatoms. The average molecular weight is 254 g/mol. The lowest BCUT2D eigenvalue weighted by Crippen LogP contribution is -2.41. The van der Waals surface area contributed by atoms with Gasteiger partial charge in [-0.05, 0) is 20.3 Å². The monoisotopic (exact) mass is 254 g/mol. The predicted octanol–water partition coefficient (Wildman–Crippen LogP) is 1.53. The van der Waals surface area contributed by atoms with Gasteiger partial charge < -0.3 is 15.3 Å². The lowest BCUT2D eigenvalue weighted by atomic mass is 10.1. The summed E-state index contributed by atoms with van der Waals surface area (Å²) in [5.74, 6) is 0. The number of carbonyl (C=O) groups is 1. The van der Waals surface area contributed by atoms with E-state index in [0.29, 0.717) is 5.69 Å². The molecule has 0 aliphatic rings.